The first-order valence-electron chi connectivity index (χ1n) is 10.3. The fourth-order valence-electron chi connectivity index (χ4n) is 3.29. The molecule has 0 N–H and O–H groups in total. The molecule has 0 saturated heterocycles. The number of rotatable bonds is 8. The van der Waals surface area contributed by atoms with Crippen LogP contribution in [0.25, 0.3) is 0 Å². The maximum Gasteiger partial charge on any atom is 0.337 e. The van der Waals surface area contributed by atoms with E-state index in [4.69, 9.17) is 14.2 Å². The predicted octanol–water partition coefficient (Wildman–Crippen LogP) is 4.55. The molecule has 0 radical (unpaired) electrons. The van der Waals surface area contributed by atoms with Crippen LogP contribution in [-0.2, 0) is 11.3 Å². The lowest BCUT2D eigenvalue weighted by Crippen LogP contribution is -2.26. The van der Waals surface area contributed by atoms with Gasteiger partial charge in [0.1, 0.15) is 12.4 Å². The van der Waals surface area contributed by atoms with Gasteiger partial charge in [-0.2, -0.15) is 0 Å². The summed E-state index contributed by atoms with van der Waals surface area (Å²) in [7, 11) is 4.23. The van der Waals surface area contributed by atoms with E-state index in [2.05, 4.69) is 0 Å². The molecule has 0 atom stereocenters. The topological polar surface area (TPSA) is 108 Å². The van der Waals surface area contributed by atoms with Crippen molar-refractivity contribution in [3.05, 3.63) is 93.0 Å². The number of benzene rings is 3. The Morgan fingerprint density at radius 3 is 2.24 bits per heavy atom. The fraction of sp³-hybridized carbons (Fsp3) is 0.200. The molecule has 0 aliphatic heterocycles. The van der Waals surface area contributed by atoms with E-state index in [1.54, 1.807) is 37.4 Å². The van der Waals surface area contributed by atoms with Crippen LogP contribution >= 0.6 is 0 Å². The van der Waals surface area contributed by atoms with Crippen LogP contribution in [0, 0.1) is 17.0 Å². The Hall–Kier alpha value is -4.40. The van der Waals surface area contributed by atoms with Gasteiger partial charge >= 0.3 is 11.7 Å². The van der Waals surface area contributed by atoms with Crippen LogP contribution in [0.5, 0.6) is 11.5 Å². The molecular weight excluding hydrogens is 440 g/mol. The van der Waals surface area contributed by atoms with Gasteiger partial charge in [-0.15, -0.1) is 0 Å². The first-order valence-corrected chi connectivity index (χ1v) is 10.3. The minimum Gasteiger partial charge on any atom is -0.490 e. The number of nitro groups is 1. The highest BCUT2D eigenvalue weighted by molar-refractivity contribution is 6.07. The monoisotopic (exact) mass is 464 g/mol. The minimum absolute atomic E-state index is 0.0000288. The largest absolute Gasteiger partial charge is 0.490 e. The van der Waals surface area contributed by atoms with Gasteiger partial charge in [0, 0.05) is 24.7 Å². The number of nitro benzene ring substituents is 1. The second kappa shape index (κ2) is 10.5. The first kappa shape index (κ1) is 24.2. The Bertz CT molecular complexity index is 1220. The van der Waals surface area contributed by atoms with E-state index in [1.807, 2.05) is 19.1 Å². The van der Waals surface area contributed by atoms with Crippen LogP contribution in [0.3, 0.4) is 0 Å². The van der Waals surface area contributed by atoms with Gasteiger partial charge in [0.15, 0.2) is 5.75 Å². The summed E-state index contributed by atoms with van der Waals surface area (Å²) in [4.78, 5) is 36.7. The van der Waals surface area contributed by atoms with Gasteiger partial charge in [-0.3, -0.25) is 14.9 Å². The van der Waals surface area contributed by atoms with Crippen molar-refractivity contribution in [2.24, 2.45) is 0 Å². The fourth-order valence-corrected chi connectivity index (χ4v) is 3.29. The van der Waals surface area contributed by atoms with Crippen LogP contribution in [0.1, 0.15) is 31.8 Å². The molecule has 1 amide bonds. The zero-order valence-electron chi connectivity index (χ0n) is 19.2. The number of hydrogen-bond donors (Lipinski definition) is 0. The number of carbonyl (C=O) groups excluding carboxylic acids is 2. The van der Waals surface area contributed by atoms with E-state index in [0.29, 0.717) is 17.0 Å². The smallest absolute Gasteiger partial charge is 0.337 e. The summed E-state index contributed by atoms with van der Waals surface area (Å²) in [5.74, 6) is -0.317. The number of methoxy groups -OCH3 is 2. The lowest BCUT2D eigenvalue weighted by atomic mass is 10.1. The van der Waals surface area contributed by atoms with E-state index in [-0.39, 0.29) is 29.5 Å². The summed E-state index contributed by atoms with van der Waals surface area (Å²) in [5, 5.41) is 11.1. The highest BCUT2D eigenvalue weighted by Gasteiger charge is 2.22. The maximum absolute atomic E-state index is 13.1. The predicted molar refractivity (Wildman–Crippen MR) is 126 cm³/mol. The number of carbonyl (C=O) groups is 2. The highest BCUT2D eigenvalue weighted by atomic mass is 16.6. The molecule has 0 fully saturated rings. The van der Waals surface area contributed by atoms with Crippen molar-refractivity contribution in [3.63, 3.8) is 0 Å². The third kappa shape index (κ3) is 5.32. The molecule has 9 heteroatoms. The van der Waals surface area contributed by atoms with Gasteiger partial charge in [0.05, 0.1) is 30.4 Å². The van der Waals surface area contributed by atoms with Gasteiger partial charge in [0.2, 0.25) is 0 Å². The Kier molecular flexibility index (Phi) is 7.47. The van der Waals surface area contributed by atoms with Crippen molar-refractivity contribution < 1.29 is 28.7 Å². The summed E-state index contributed by atoms with van der Waals surface area (Å²) in [6.45, 7) is 2.12. The number of hydrogen-bond acceptors (Lipinski definition) is 7. The van der Waals surface area contributed by atoms with Crippen molar-refractivity contribution in [3.8, 4) is 11.5 Å². The average molecular weight is 464 g/mol. The number of aryl methyl sites for hydroxylation is 1. The second-order valence-electron chi connectivity index (χ2n) is 7.46. The first-order chi connectivity index (χ1) is 16.2. The van der Waals surface area contributed by atoms with E-state index >= 15 is 0 Å². The highest BCUT2D eigenvalue weighted by Crippen LogP contribution is 2.32. The molecule has 0 heterocycles. The normalized spacial score (nSPS) is 10.4. The summed E-state index contributed by atoms with van der Waals surface area (Å²) >= 11 is 0. The molecule has 3 aromatic rings. The van der Waals surface area contributed by atoms with Crippen LogP contribution in [0.4, 0.5) is 11.4 Å². The zero-order chi connectivity index (χ0) is 24.8. The second-order valence-corrected chi connectivity index (χ2v) is 7.46. The summed E-state index contributed by atoms with van der Waals surface area (Å²) in [6.07, 6.45) is 0. The summed E-state index contributed by atoms with van der Waals surface area (Å²) < 4.78 is 15.8. The SMILES string of the molecule is COC(=O)c1ccc(COc2cc(C)ccc2N(C)C(=O)c2ccc([N+](=O)[O-])c(OC)c2)cc1. The van der Waals surface area contributed by atoms with Crippen molar-refractivity contribution in [2.45, 2.75) is 13.5 Å². The molecular formula is C25H24N2O7. The number of esters is 1. The Balaban J connectivity index is 1.83. The third-order valence-electron chi connectivity index (χ3n) is 5.17. The van der Waals surface area contributed by atoms with E-state index in [9.17, 15) is 19.7 Å². The van der Waals surface area contributed by atoms with Gasteiger partial charge in [-0.05, 0) is 48.4 Å². The van der Waals surface area contributed by atoms with Crippen molar-refractivity contribution in [1.29, 1.82) is 0 Å². The molecule has 0 aromatic heterocycles. The van der Waals surface area contributed by atoms with Crippen LogP contribution in [0.2, 0.25) is 0 Å². The standard InChI is InChI=1S/C25H24N2O7/c1-16-5-11-20(23(13-16)34-15-17-6-8-18(9-7-17)25(29)33-4)26(2)24(28)19-10-12-21(27(30)31)22(14-19)32-3/h5-14H,15H2,1-4H3. The lowest BCUT2D eigenvalue weighted by molar-refractivity contribution is -0.385. The van der Waals surface area contributed by atoms with Gasteiger partial charge < -0.3 is 19.1 Å². The molecule has 0 aliphatic rings. The maximum atomic E-state index is 13.1. The zero-order valence-corrected chi connectivity index (χ0v) is 19.2. The molecule has 176 valence electrons. The molecule has 9 nitrogen and oxygen atoms in total. The third-order valence-corrected chi connectivity index (χ3v) is 5.17. The Labute approximate surface area is 196 Å². The Morgan fingerprint density at radius 1 is 0.941 bits per heavy atom. The molecule has 0 saturated carbocycles. The van der Waals surface area contributed by atoms with E-state index in [1.165, 1.54) is 37.3 Å². The quantitative estimate of drug-likeness (QED) is 0.273. The van der Waals surface area contributed by atoms with Crippen LogP contribution in [-0.4, -0.2) is 38.1 Å². The number of amides is 1. The van der Waals surface area contributed by atoms with E-state index in [0.717, 1.165) is 11.1 Å². The van der Waals surface area contributed by atoms with E-state index < -0.39 is 10.9 Å². The average Bonchev–Trinajstić information content (AvgIpc) is 2.86. The van der Waals surface area contributed by atoms with Crippen molar-refractivity contribution >= 4 is 23.3 Å². The molecule has 0 bridgehead atoms. The Morgan fingerprint density at radius 2 is 1.62 bits per heavy atom. The number of anilines is 1. The summed E-state index contributed by atoms with van der Waals surface area (Å²) in [6, 6.07) is 16.2. The van der Waals surface area contributed by atoms with Gasteiger partial charge in [0.25, 0.3) is 5.91 Å². The summed E-state index contributed by atoms with van der Waals surface area (Å²) in [5.41, 5.74) is 2.74. The van der Waals surface area contributed by atoms with Crippen LogP contribution < -0.4 is 14.4 Å². The van der Waals surface area contributed by atoms with Gasteiger partial charge in [-0.25, -0.2) is 4.79 Å². The molecule has 34 heavy (non-hydrogen) atoms. The number of nitrogens with zero attached hydrogens (tertiary/aromatic N) is 2. The van der Waals surface area contributed by atoms with Crippen molar-refractivity contribution in [2.75, 3.05) is 26.2 Å². The molecule has 0 unspecified atom stereocenters. The van der Waals surface area contributed by atoms with Crippen LogP contribution in [0.15, 0.2) is 60.7 Å². The molecule has 3 rings (SSSR count). The van der Waals surface area contributed by atoms with Crippen molar-refractivity contribution in [1.82, 2.24) is 0 Å². The molecule has 0 aliphatic carbocycles. The minimum atomic E-state index is -0.569. The van der Waals surface area contributed by atoms with Gasteiger partial charge in [-0.1, -0.05) is 18.2 Å². The lowest BCUT2D eigenvalue weighted by Gasteiger charge is -2.21. The number of ether oxygens (including phenoxy) is 3. The molecule has 0 spiro atoms. The molecule has 3 aromatic carbocycles.